The first-order valence-electron chi connectivity index (χ1n) is 10.7. The average molecular weight is 532 g/mol. The molecule has 7 nitrogen and oxygen atoms in total. The minimum Gasteiger partial charge on any atom is -0.484 e. The minimum atomic E-state index is -4.86. The summed E-state index contributed by atoms with van der Waals surface area (Å²) in [5.41, 5.74) is -0.603. The van der Waals surface area contributed by atoms with Crippen LogP contribution in [-0.2, 0) is 4.79 Å². The van der Waals surface area contributed by atoms with Gasteiger partial charge in [-0.15, -0.1) is 13.2 Å². The quantitative estimate of drug-likeness (QED) is 0.302. The lowest BCUT2D eigenvalue weighted by molar-refractivity contribution is -0.274. The van der Waals surface area contributed by atoms with E-state index < -0.39 is 42.4 Å². The van der Waals surface area contributed by atoms with Crippen molar-refractivity contribution in [2.45, 2.75) is 51.4 Å². The molecule has 0 spiro atoms. The molecule has 1 unspecified atom stereocenters. The second-order valence-corrected chi connectivity index (χ2v) is 8.55. The fourth-order valence-electron chi connectivity index (χ4n) is 3.19. The van der Waals surface area contributed by atoms with Crippen LogP contribution in [0.4, 0.5) is 26.3 Å². The van der Waals surface area contributed by atoms with Crippen molar-refractivity contribution in [1.29, 1.82) is 0 Å². The summed E-state index contributed by atoms with van der Waals surface area (Å²) in [5, 5.41) is 15.7. The number of hydrogen-bond acceptors (Lipinski definition) is 5. The van der Waals surface area contributed by atoms with Crippen LogP contribution in [0, 0.1) is 6.92 Å². The van der Waals surface area contributed by atoms with E-state index in [1.54, 1.807) is 6.92 Å². The van der Waals surface area contributed by atoms with E-state index in [2.05, 4.69) is 14.9 Å². The molecule has 1 heterocycles. The molecular formula is C24H22F6N2O5. The minimum absolute atomic E-state index is 0.0204. The summed E-state index contributed by atoms with van der Waals surface area (Å²) in [6, 6.07) is 10.1. The number of aromatic nitrogens is 2. The monoisotopic (exact) mass is 532 g/mol. The number of ether oxygens (including phenoxy) is 3. The lowest BCUT2D eigenvalue weighted by atomic mass is 10.1. The molecule has 0 aliphatic carbocycles. The number of aliphatic carboxylic acids is 1. The number of nitrogens with one attached hydrogen (secondary N) is 1. The lowest BCUT2D eigenvalue weighted by Crippen LogP contribution is -2.38. The molecule has 0 amide bonds. The van der Waals surface area contributed by atoms with Crippen molar-refractivity contribution in [3.05, 3.63) is 59.8 Å². The topological polar surface area (TPSA) is 93.7 Å². The normalized spacial score (nSPS) is 13.2. The number of rotatable bonds is 9. The highest BCUT2D eigenvalue weighted by molar-refractivity contribution is 5.76. The number of halogens is 6. The third-order valence-corrected chi connectivity index (χ3v) is 5.05. The molecule has 13 heteroatoms. The number of aryl methyl sites for hydroxylation is 1. The Morgan fingerprint density at radius 2 is 1.59 bits per heavy atom. The van der Waals surface area contributed by atoms with Crippen molar-refractivity contribution in [2.75, 3.05) is 0 Å². The van der Waals surface area contributed by atoms with Gasteiger partial charge in [0.05, 0.1) is 17.8 Å². The van der Waals surface area contributed by atoms with E-state index in [0.29, 0.717) is 11.1 Å². The molecule has 2 aromatic carbocycles. The molecule has 0 saturated carbocycles. The zero-order chi connectivity index (χ0) is 27.6. The van der Waals surface area contributed by atoms with Crippen LogP contribution in [0.3, 0.4) is 0 Å². The number of hydrogen-bond donors (Lipinski definition) is 2. The van der Waals surface area contributed by atoms with Gasteiger partial charge in [0, 0.05) is 5.56 Å². The van der Waals surface area contributed by atoms with E-state index >= 15 is 0 Å². The van der Waals surface area contributed by atoms with Crippen molar-refractivity contribution in [1.82, 2.24) is 10.2 Å². The molecule has 37 heavy (non-hydrogen) atoms. The molecule has 3 rings (SSSR count). The van der Waals surface area contributed by atoms with Gasteiger partial charge in [-0.2, -0.15) is 18.3 Å². The molecule has 0 radical (unpaired) electrons. The maximum Gasteiger partial charge on any atom is 0.573 e. The third kappa shape index (κ3) is 7.79. The van der Waals surface area contributed by atoms with Crippen LogP contribution in [0.25, 0.3) is 11.3 Å². The highest BCUT2D eigenvalue weighted by Crippen LogP contribution is 2.36. The van der Waals surface area contributed by atoms with Gasteiger partial charge < -0.3 is 19.3 Å². The maximum absolute atomic E-state index is 13.3. The largest absolute Gasteiger partial charge is 0.573 e. The Labute approximate surface area is 207 Å². The molecule has 0 aliphatic rings. The second kappa shape index (κ2) is 10.2. The van der Waals surface area contributed by atoms with E-state index in [1.165, 1.54) is 50.2 Å². The van der Waals surface area contributed by atoms with Gasteiger partial charge in [0.15, 0.2) is 5.60 Å². The van der Waals surface area contributed by atoms with Gasteiger partial charge in [0.1, 0.15) is 23.4 Å². The van der Waals surface area contributed by atoms with Crippen molar-refractivity contribution < 1.29 is 50.5 Å². The highest BCUT2D eigenvalue weighted by Gasteiger charge is 2.35. The van der Waals surface area contributed by atoms with Gasteiger partial charge in [-0.3, -0.25) is 5.10 Å². The SMILES string of the molecule is Cc1cc(OC(CC(F)(F)F)c2cc(-c3ccc(OC(F)(F)F)cc3)n[nH]2)ccc1OC(C)(C)C(=O)O. The van der Waals surface area contributed by atoms with Crippen LogP contribution in [0.1, 0.15) is 37.6 Å². The van der Waals surface area contributed by atoms with E-state index in [0.717, 1.165) is 12.1 Å². The molecule has 0 saturated heterocycles. The molecule has 1 aromatic heterocycles. The second-order valence-electron chi connectivity index (χ2n) is 8.55. The first-order chi connectivity index (χ1) is 17.0. The van der Waals surface area contributed by atoms with Gasteiger partial charge in [0.25, 0.3) is 0 Å². The van der Waals surface area contributed by atoms with Crippen molar-refractivity contribution >= 4 is 5.97 Å². The summed E-state index contributed by atoms with van der Waals surface area (Å²) in [7, 11) is 0. The smallest absolute Gasteiger partial charge is 0.484 e. The van der Waals surface area contributed by atoms with Gasteiger partial charge in [-0.05, 0) is 74.9 Å². The number of H-pyrrole nitrogens is 1. The molecule has 0 aliphatic heterocycles. The number of alkyl halides is 6. The summed E-state index contributed by atoms with van der Waals surface area (Å²) in [5.74, 6) is -1.37. The van der Waals surface area contributed by atoms with Crippen LogP contribution in [0.5, 0.6) is 17.2 Å². The molecule has 1 atom stereocenters. The Balaban J connectivity index is 1.82. The summed E-state index contributed by atoms with van der Waals surface area (Å²) < 4.78 is 91.9. The van der Waals surface area contributed by atoms with Crippen LogP contribution < -0.4 is 14.2 Å². The number of carboxylic acids is 1. The summed E-state index contributed by atoms with van der Waals surface area (Å²) in [6.45, 7) is 4.29. The summed E-state index contributed by atoms with van der Waals surface area (Å²) in [4.78, 5) is 11.3. The lowest BCUT2D eigenvalue weighted by Gasteiger charge is -2.24. The number of benzene rings is 2. The zero-order valence-corrected chi connectivity index (χ0v) is 19.7. The van der Waals surface area contributed by atoms with Gasteiger partial charge in [-0.1, -0.05) is 0 Å². The third-order valence-electron chi connectivity index (χ3n) is 5.05. The predicted molar refractivity (Wildman–Crippen MR) is 118 cm³/mol. The number of aromatic amines is 1. The van der Waals surface area contributed by atoms with Crippen LogP contribution in [0.15, 0.2) is 48.5 Å². The van der Waals surface area contributed by atoms with Crippen molar-refractivity contribution in [3.8, 4) is 28.5 Å². The van der Waals surface area contributed by atoms with Gasteiger partial charge in [-0.25, -0.2) is 4.79 Å². The Hall–Kier alpha value is -3.90. The fraction of sp³-hybridized carbons (Fsp3) is 0.333. The van der Waals surface area contributed by atoms with E-state index in [4.69, 9.17) is 9.47 Å². The van der Waals surface area contributed by atoms with Gasteiger partial charge in [0.2, 0.25) is 0 Å². The molecular weight excluding hydrogens is 510 g/mol. The molecule has 2 N–H and O–H groups in total. The molecule has 200 valence electrons. The van der Waals surface area contributed by atoms with E-state index in [9.17, 15) is 36.2 Å². The first kappa shape index (κ1) is 27.7. The van der Waals surface area contributed by atoms with Gasteiger partial charge >= 0.3 is 18.5 Å². The Morgan fingerprint density at radius 1 is 0.973 bits per heavy atom. The highest BCUT2D eigenvalue weighted by atomic mass is 19.4. The van der Waals surface area contributed by atoms with E-state index in [1.807, 2.05) is 0 Å². The Morgan fingerprint density at radius 3 is 2.14 bits per heavy atom. The number of nitrogens with zero attached hydrogens (tertiary/aromatic N) is 1. The fourth-order valence-corrected chi connectivity index (χ4v) is 3.19. The summed E-state index contributed by atoms with van der Waals surface area (Å²) >= 11 is 0. The molecule has 3 aromatic rings. The van der Waals surface area contributed by atoms with Crippen molar-refractivity contribution in [2.24, 2.45) is 0 Å². The molecule has 0 bridgehead atoms. The Kier molecular flexibility index (Phi) is 7.65. The average Bonchev–Trinajstić information content (AvgIpc) is 3.24. The maximum atomic E-state index is 13.3. The number of carboxylic acid groups (broad SMARTS) is 1. The first-order valence-corrected chi connectivity index (χ1v) is 10.7. The predicted octanol–water partition coefficient (Wildman–Crippen LogP) is 6.60. The van der Waals surface area contributed by atoms with Crippen LogP contribution >= 0.6 is 0 Å². The Bertz CT molecular complexity index is 1240. The standard InChI is InChI=1S/C24H22F6N2O5/c1-13-10-16(8-9-19(13)37-22(2,3)21(33)34)35-20(12-23(25,26)27)18-11-17(31-32-18)14-4-6-15(7-5-14)36-24(28,29)30/h4-11,20H,12H2,1-3H3,(H,31,32)(H,33,34). The number of carbonyl (C=O) groups is 1. The zero-order valence-electron chi connectivity index (χ0n) is 19.7. The van der Waals surface area contributed by atoms with Crippen molar-refractivity contribution in [3.63, 3.8) is 0 Å². The summed E-state index contributed by atoms with van der Waals surface area (Å²) in [6.07, 6.45) is -12.4. The van der Waals surface area contributed by atoms with E-state index in [-0.39, 0.29) is 22.9 Å². The van der Waals surface area contributed by atoms with Crippen LogP contribution in [0.2, 0.25) is 0 Å². The molecule has 0 fully saturated rings. The van der Waals surface area contributed by atoms with Crippen LogP contribution in [-0.4, -0.2) is 39.4 Å².